The van der Waals surface area contributed by atoms with Crippen LogP contribution >= 0.6 is 12.6 Å². The molecule has 6 heteroatoms. The van der Waals surface area contributed by atoms with Crippen LogP contribution in [0.25, 0.3) is 0 Å². The number of hydrogen-bond donors (Lipinski definition) is 2. The Bertz CT molecular complexity index is 508. The lowest BCUT2D eigenvalue weighted by Gasteiger charge is -2.29. The molecule has 1 aromatic carbocycles. The van der Waals surface area contributed by atoms with Crippen molar-refractivity contribution in [2.24, 2.45) is 0 Å². The molecule has 1 aliphatic heterocycles. The summed E-state index contributed by atoms with van der Waals surface area (Å²) < 4.78 is 10.7. The number of amides is 1. The van der Waals surface area contributed by atoms with Crippen LogP contribution in [0.2, 0.25) is 0 Å². The molecule has 116 valence electrons. The van der Waals surface area contributed by atoms with Gasteiger partial charge in [0.2, 0.25) is 5.91 Å². The number of ether oxygens (including phenoxy) is 2. The van der Waals surface area contributed by atoms with E-state index in [0.717, 1.165) is 31.0 Å². The zero-order valence-corrected chi connectivity index (χ0v) is 13.4. The number of fused-ring (bicyclic) bond motifs is 1. The highest BCUT2D eigenvalue weighted by atomic mass is 32.1. The van der Waals surface area contributed by atoms with E-state index in [0.29, 0.717) is 18.8 Å². The summed E-state index contributed by atoms with van der Waals surface area (Å²) in [5.74, 6) is 2.20. The Labute approximate surface area is 131 Å². The largest absolute Gasteiger partial charge is 0.493 e. The van der Waals surface area contributed by atoms with Gasteiger partial charge in [0.25, 0.3) is 0 Å². The molecule has 0 atom stereocenters. The van der Waals surface area contributed by atoms with Gasteiger partial charge < -0.3 is 14.8 Å². The maximum Gasteiger partial charge on any atom is 0.234 e. The third-order valence-electron chi connectivity index (χ3n) is 3.60. The summed E-state index contributed by atoms with van der Waals surface area (Å²) in [4.78, 5) is 13.9. The van der Waals surface area contributed by atoms with Crippen molar-refractivity contribution < 1.29 is 14.3 Å². The topological polar surface area (TPSA) is 50.8 Å². The van der Waals surface area contributed by atoms with Gasteiger partial charge in [-0.25, -0.2) is 0 Å². The molecule has 0 unspecified atom stereocenters. The molecule has 21 heavy (non-hydrogen) atoms. The molecular weight excluding hydrogens is 288 g/mol. The highest BCUT2D eigenvalue weighted by Crippen LogP contribution is 2.33. The first-order chi connectivity index (χ1) is 10.2. The van der Waals surface area contributed by atoms with Crippen molar-refractivity contribution in [1.29, 1.82) is 0 Å². The summed E-state index contributed by atoms with van der Waals surface area (Å²) in [7, 11) is 3.28. The van der Waals surface area contributed by atoms with Crippen LogP contribution in [-0.4, -0.2) is 50.4 Å². The third-order valence-corrected chi connectivity index (χ3v) is 3.82. The zero-order chi connectivity index (χ0) is 15.2. The lowest BCUT2D eigenvalue weighted by molar-refractivity contribution is -0.122. The molecular formula is C15H22N2O3S. The van der Waals surface area contributed by atoms with Crippen LogP contribution < -0.4 is 14.8 Å². The first kappa shape index (κ1) is 16.0. The fourth-order valence-corrected chi connectivity index (χ4v) is 2.64. The van der Waals surface area contributed by atoms with Crippen molar-refractivity contribution in [3.63, 3.8) is 0 Å². The molecule has 0 saturated heterocycles. The molecule has 1 heterocycles. The Balaban J connectivity index is 2.04. The number of nitrogens with one attached hydrogen (secondary N) is 1. The fraction of sp³-hybridized carbons (Fsp3) is 0.533. The van der Waals surface area contributed by atoms with Crippen molar-refractivity contribution in [3.8, 4) is 11.5 Å². The molecule has 1 aliphatic rings. The van der Waals surface area contributed by atoms with E-state index >= 15 is 0 Å². The summed E-state index contributed by atoms with van der Waals surface area (Å²) in [5.41, 5.74) is 2.46. The number of nitrogens with zero attached hydrogens (tertiary/aromatic N) is 1. The molecule has 0 aliphatic carbocycles. The predicted molar refractivity (Wildman–Crippen MR) is 85.4 cm³/mol. The summed E-state index contributed by atoms with van der Waals surface area (Å²) >= 11 is 4.09. The van der Waals surface area contributed by atoms with Crippen molar-refractivity contribution in [2.75, 3.05) is 39.6 Å². The Morgan fingerprint density at radius 2 is 1.95 bits per heavy atom. The van der Waals surface area contributed by atoms with Gasteiger partial charge in [-0.15, -0.1) is 0 Å². The van der Waals surface area contributed by atoms with E-state index in [2.05, 4.69) is 22.8 Å². The number of carbonyl (C=O) groups excluding carboxylic acids is 1. The van der Waals surface area contributed by atoms with E-state index in [9.17, 15) is 4.79 Å². The van der Waals surface area contributed by atoms with Gasteiger partial charge in [-0.1, -0.05) is 0 Å². The Morgan fingerprint density at radius 3 is 2.57 bits per heavy atom. The molecule has 1 amide bonds. The molecule has 1 N–H and O–H groups in total. The van der Waals surface area contributed by atoms with Crippen LogP contribution in [0.1, 0.15) is 11.1 Å². The molecule has 2 rings (SSSR count). The van der Waals surface area contributed by atoms with Crippen molar-refractivity contribution in [1.82, 2.24) is 10.2 Å². The van der Waals surface area contributed by atoms with E-state index < -0.39 is 0 Å². The number of hydrogen-bond acceptors (Lipinski definition) is 5. The fourth-order valence-electron chi connectivity index (χ4n) is 2.53. The average molecular weight is 310 g/mol. The van der Waals surface area contributed by atoms with Crippen LogP contribution in [0.3, 0.4) is 0 Å². The first-order valence-corrected chi connectivity index (χ1v) is 7.65. The van der Waals surface area contributed by atoms with Gasteiger partial charge in [-0.2, -0.15) is 12.6 Å². The highest BCUT2D eigenvalue weighted by molar-refractivity contribution is 7.80. The van der Waals surface area contributed by atoms with Crippen molar-refractivity contribution >= 4 is 18.5 Å². The van der Waals surface area contributed by atoms with Gasteiger partial charge in [-0.05, 0) is 29.7 Å². The summed E-state index contributed by atoms with van der Waals surface area (Å²) in [6, 6.07) is 4.04. The maximum atomic E-state index is 11.8. The van der Waals surface area contributed by atoms with Crippen LogP contribution in [0.4, 0.5) is 0 Å². The highest BCUT2D eigenvalue weighted by Gasteiger charge is 2.20. The second kappa shape index (κ2) is 7.56. The molecule has 5 nitrogen and oxygen atoms in total. The van der Waals surface area contributed by atoms with Crippen LogP contribution in [0.15, 0.2) is 12.1 Å². The zero-order valence-electron chi connectivity index (χ0n) is 12.5. The maximum absolute atomic E-state index is 11.8. The molecule has 1 aromatic rings. The second-order valence-electron chi connectivity index (χ2n) is 5.01. The monoisotopic (exact) mass is 310 g/mol. The summed E-state index contributed by atoms with van der Waals surface area (Å²) in [6.45, 7) is 2.65. The minimum atomic E-state index is 0.0491. The van der Waals surface area contributed by atoms with E-state index in [-0.39, 0.29) is 5.91 Å². The van der Waals surface area contributed by atoms with Crippen LogP contribution in [-0.2, 0) is 17.8 Å². The minimum Gasteiger partial charge on any atom is -0.493 e. The van der Waals surface area contributed by atoms with E-state index in [1.54, 1.807) is 14.2 Å². The van der Waals surface area contributed by atoms with Gasteiger partial charge in [0, 0.05) is 25.4 Å². The first-order valence-electron chi connectivity index (χ1n) is 7.01. The summed E-state index contributed by atoms with van der Waals surface area (Å²) in [5, 5.41) is 2.84. The van der Waals surface area contributed by atoms with E-state index in [1.807, 2.05) is 12.1 Å². The number of benzene rings is 1. The van der Waals surface area contributed by atoms with Crippen LogP contribution in [0.5, 0.6) is 11.5 Å². The average Bonchev–Trinajstić information content (AvgIpc) is 2.51. The lowest BCUT2D eigenvalue weighted by Crippen LogP contribution is -2.40. The van der Waals surface area contributed by atoms with Crippen LogP contribution in [0, 0.1) is 0 Å². The molecule has 0 radical (unpaired) electrons. The third kappa shape index (κ3) is 4.04. The number of thiol groups is 1. The molecule has 0 aromatic heterocycles. The van der Waals surface area contributed by atoms with Crippen molar-refractivity contribution in [2.45, 2.75) is 13.0 Å². The SMILES string of the molecule is COc1cc2c(cc1OC)CN(CC(=O)NCCS)CC2. The van der Waals surface area contributed by atoms with E-state index in [1.165, 1.54) is 11.1 Å². The Morgan fingerprint density at radius 1 is 1.29 bits per heavy atom. The molecule has 0 spiro atoms. The summed E-state index contributed by atoms with van der Waals surface area (Å²) in [6.07, 6.45) is 0.912. The minimum absolute atomic E-state index is 0.0491. The molecule has 0 fully saturated rings. The number of methoxy groups -OCH3 is 2. The van der Waals surface area contributed by atoms with Gasteiger partial charge >= 0.3 is 0 Å². The van der Waals surface area contributed by atoms with E-state index in [4.69, 9.17) is 9.47 Å². The normalized spacial score (nSPS) is 14.4. The van der Waals surface area contributed by atoms with Crippen molar-refractivity contribution in [3.05, 3.63) is 23.3 Å². The van der Waals surface area contributed by atoms with Gasteiger partial charge in [-0.3, -0.25) is 9.69 Å². The quantitative estimate of drug-likeness (QED) is 0.773. The number of carbonyl (C=O) groups is 1. The van der Waals surface area contributed by atoms with Gasteiger partial charge in [0.05, 0.1) is 20.8 Å². The van der Waals surface area contributed by atoms with Gasteiger partial charge in [0.15, 0.2) is 11.5 Å². The molecule has 0 saturated carbocycles. The Hall–Kier alpha value is -1.40. The lowest BCUT2D eigenvalue weighted by atomic mass is 9.99. The standard InChI is InChI=1S/C15H22N2O3S/c1-19-13-7-11-3-5-17(10-15(18)16-4-6-21)9-12(11)8-14(13)20-2/h7-8,21H,3-6,9-10H2,1-2H3,(H,16,18). The smallest absolute Gasteiger partial charge is 0.234 e. The predicted octanol–water partition coefficient (Wildman–Crippen LogP) is 1.11. The Kier molecular flexibility index (Phi) is 5.76. The second-order valence-corrected chi connectivity index (χ2v) is 5.46. The molecule has 0 bridgehead atoms. The number of rotatable bonds is 6. The van der Waals surface area contributed by atoms with Gasteiger partial charge in [0.1, 0.15) is 0 Å².